The van der Waals surface area contributed by atoms with Crippen LogP contribution in [0, 0.1) is 11.8 Å². The molecule has 3 saturated heterocycles. The molecule has 0 saturated carbocycles. The van der Waals surface area contributed by atoms with Gasteiger partial charge in [0.2, 0.25) is 17.5 Å². The molecule has 0 bridgehead atoms. The van der Waals surface area contributed by atoms with Crippen LogP contribution >= 0.6 is 0 Å². The van der Waals surface area contributed by atoms with Crippen LogP contribution in [-0.4, -0.2) is 105 Å². The molecule has 5 rings (SSSR count). The predicted octanol–water partition coefficient (Wildman–Crippen LogP) is 0.353. The molecule has 2 aromatic heterocycles. The van der Waals surface area contributed by atoms with Crippen molar-refractivity contribution in [3.05, 3.63) is 18.7 Å². The Hall–Kier alpha value is -2.75. The number of amides is 2. The van der Waals surface area contributed by atoms with Crippen molar-refractivity contribution in [1.29, 1.82) is 0 Å². The molecule has 3 aliphatic rings. The van der Waals surface area contributed by atoms with Gasteiger partial charge in [-0.25, -0.2) is 4.98 Å². The van der Waals surface area contributed by atoms with Gasteiger partial charge in [-0.2, -0.15) is 0 Å². The molecule has 10 nitrogen and oxygen atoms in total. The molecular formula is C22H32N8O2. The molecule has 172 valence electrons. The molecule has 2 amide bonds. The summed E-state index contributed by atoms with van der Waals surface area (Å²) in [6.07, 6.45) is 8.39. The smallest absolute Gasteiger partial charge is 0.236 e. The number of hydrogen-bond acceptors (Lipinski definition) is 7. The van der Waals surface area contributed by atoms with Gasteiger partial charge >= 0.3 is 0 Å². The quantitative estimate of drug-likeness (QED) is 0.678. The molecule has 3 fully saturated rings. The van der Waals surface area contributed by atoms with E-state index in [-0.39, 0.29) is 23.7 Å². The summed E-state index contributed by atoms with van der Waals surface area (Å²) in [5.41, 5.74) is 0.723. The van der Waals surface area contributed by atoms with Gasteiger partial charge in [0.05, 0.1) is 12.5 Å². The van der Waals surface area contributed by atoms with E-state index in [9.17, 15) is 9.59 Å². The summed E-state index contributed by atoms with van der Waals surface area (Å²) < 4.78 is 1.86. The lowest BCUT2D eigenvalue weighted by atomic mass is 9.96. The van der Waals surface area contributed by atoms with E-state index in [1.807, 2.05) is 20.4 Å². The van der Waals surface area contributed by atoms with Gasteiger partial charge in [-0.05, 0) is 25.2 Å². The van der Waals surface area contributed by atoms with Gasteiger partial charge in [0.1, 0.15) is 6.33 Å². The first kappa shape index (κ1) is 21.1. The molecule has 0 unspecified atom stereocenters. The van der Waals surface area contributed by atoms with Crippen LogP contribution in [0.3, 0.4) is 0 Å². The number of nitrogens with zero attached hydrogens (tertiary/aromatic N) is 8. The summed E-state index contributed by atoms with van der Waals surface area (Å²) in [5, 5.41) is 8.18. The fourth-order valence-electron chi connectivity index (χ4n) is 5.27. The van der Waals surface area contributed by atoms with E-state index in [0.29, 0.717) is 19.6 Å². The fraction of sp³-hybridized carbons (Fsp3) is 0.682. The summed E-state index contributed by atoms with van der Waals surface area (Å²) in [5.74, 6) is 1.43. The number of fused-ring (bicyclic) bond motifs is 1. The van der Waals surface area contributed by atoms with E-state index in [4.69, 9.17) is 0 Å². The summed E-state index contributed by atoms with van der Waals surface area (Å²) in [6, 6.07) is 0. The molecular weight excluding hydrogens is 408 g/mol. The van der Waals surface area contributed by atoms with Crippen LogP contribution in [0.2, 0.25) is 0 Å². The second-order valence-electron chi connectivity index (χ2n) is 9.34. The highest BCUT2D eigenvalue weighted by atomic mass is 16.2. The predicted molar refractivity (Wildman–Crippen MR) is 119 cm³/mol. The maximum Gasteiger partial charge on any atom is 0.236 e. The third-order valence-corrected chi connectivity index (χ3v) is 7.14. The molecule has 0 aliphatic carbocycles. The van der Waals surface area contributed by atoms with Crippen LogP contribution in [0.15, 0.2) is 18.7 Å². The molecule has 5 heterocycles. The van der Waals surface area contributed by atoms with E-state index in [1.165, 1.54) is 0 Å². The number of hydrogen-bond donors (Lipinski definition) is 0. The second kappa shape index (κ2) is 9.01. The van der Waals surface area contributed by atoms with Gasteiger partial charge in [-0.3, -0.25) is 18.9 Å². The Balaban J connectivity index is 1.20. The Kier molecular flexibility index (Phi) is 5.95. The van der Waals surface area contributed by atoms with Crippen LogP contribution in [0.1, 0.15) is 26.2 Å². The van der Waals surface area contributed by atoms with Crippen LogP contribution in [0.25, 0.3) is 5.65 Å². The van der Waals surface area contributed by atoms with E-state index in [1.54, 1.807) is 12.5 Å². The summed E-state index contributed by atoms with van der Waals surface area (Å²) in [6.45, 7) is 8.91. The van der Waals surface area contributed by atoms with Crippen LogP contribution < -0.4 is 4.90 Å². The van der Waals surface area contributed by atoms with Crippen LogP contribution in [-0.2, 0) is 9.59 Å². The highest BCUT2D eigenvalue weighted by Crippen LogP contribution is 2.30. The maximum atomic E-state index is 13.4. The Morgan fingerprint density at radius 1 is 1.00 bits per heavy atom. The molecule has 2 atom stereocenters. The Bertz CT molecular complexity index is 972. The van der Waals surface area contributed by atoms with Crippen molar-refractivity contribution in [1.82, 2.24) is 34.3 Å². The molecule has 0 radical (unpaired) electrons. The average Bonchev–Trinajstić information content (AvgIpc) is 3.53. The highest BCUT2D eigenvalue weighted by molar-refractivity contribution is 5.81. The summed E-state index contributed by atoms with van der Waals surface area (Å²) >= 11 is 0. The third-order valence-electron chi connectivity index (χ3n) is 7.14. The summed E-state index contributed by atoms with van der Waals surface area (Å²) in [7, 11) is 0. The van der Waals surface area contributed by atoms with Gasteiger partial charge in [0.25, 0.3) is 0 Å². The van der Waals surface area contributed by atoms with Gasteiger partial charge in [-0.15, -0.1) is 10.2 Å². The number of likely N-dealkylation sites (tertiary alicyclic amines) is 1. The molecule has 0 spiro atoms. The number of anilines is 1. The van der Waals surface area contributed by atoms with Crippen molar-refractivity contribution >= 4 is 23.3 Å². The third kappa shape index (κ3) is 4.15. The lowest BCUT2D eigenvalue weighted by molar-refractivity contribution is -0.135. The molecule has 32 heavy (non-hydrogen) atoms. The number of rotatable bonds is 4. The monoisotopic (exact) mass is 440 g/mol. The highest BCUT2D eigenvalue weighted by Gasteiger charge is 2.38. The zero-order valence-electron chi connectivity index (χ0n) is 18.8. The average molecular weight is 441 g/mol. The van der Waals surface area contributed by atoms with E-state index in [0.717, 1.165) is 70.0 Å². The normalized spacial score (nSPS) is 25.0. The molecule has 2 aromatic rings. The van der Waals surface area contributed by atoms with Crippen molar-refractivity contribution < 1.29 is 9.59 Å². The SMILES string of the molecule is C[C@@H]1CN(c2nccn3cnnc23)C[C@H]1C(=O)N1CCCN(CC(=O)N2CCCC2)CC1. The first-order valence-corrected chi connectivity index (χ1v) is 11.8. The van der Waals surface area contributed by atoms with Gasteiger partial charge in [-0.1, -0.05) is 6.92 Å². The van der Waals surface area contributed by atoms with Crippen molar-refractivity contribution in [2.75, 3.05) is 63.8 Å². The van der Waals surface area contributed by atoms with Crippen molar-refractivity contribution in [2.24, 2.45) is 11.8 Å². The topological polar surface area (TPSA) is 90.2 Å². The van der Waals surface area contributed by atoms with Crippen molar-refractivity contribution in [2.45, 2.75) is 26.2 Å². The van der Waals surface area contributed by atoms with Crippen molar-refractivity contribution in [3.8, 4) is 0 Å². The van der Waals surface area contributed by atoms with Crippen LogP contribution in [0.5, 0.6) is 0 Å². The van der Waals surface area contributed by atoms with Crippen molar-refractivity contribution in [3.63, 3.8) is 0 Å². The lowest BCUT2D eigenvalue weighted by Crippen LogP contribution is -2.43. The molecule has 3 aliphatic heterocycles. The minimum atomic E-state index is -0.0576. The van der Waals surface area contributed by atoms with Crippen LogP contribution in [0.4, 0.5) is 5.82 Å². The Morgan fingerprint density at radius 2 is 1.81 bits per heavy atom. The minimum Gasteiger partial charge on any atom is -0.352 e. The Labute approximate surface area is 188 Å². The van der Waals surface area contributed by atoms with E-state index < -0.39 is 0 Å². The largest absolute Gasteiger partial charge is 0.352 e. The summed E-state index contributed by atoms with van der Waals surface area (Å²) in [4.78, 5) is 38.9. The number of aromatic nitrogens is 4. The second-order valence-corrected chi connectivity index (χ2v) is 9.34. The van der Waals surface area contributed by atoms with Gasteiger partial charge in [0, 0.05) is 64.8 Å². The molecule has 0 N–H and O–H groups in total. The van der Waals surface area contributed by atoms with Gasteiger partial charge in [0.15, 0.2) is 5.82 Å². The number of carbonyl (C=O) groups excluding carboxylic acids is 2. The minimum absolute atomic E-state index is 0.0576. The molecule has 0 aromatic carbocycles. The Morgan fingerprint density at radius 3 is 2.66 bits per heavy atom. The first-order valence-electron chi connectivity index (χ1n) is 11.8. The fourth-order valence-corrected chi connectivity index (χ4v) is 5.27. The van der Waals surface area contributed by atoms with E-state index in [2.05, 4.69) is 31.9 Å². The zero-order chi connectivity index (χ0) is 22.1. The standard InChI is InChI=1S/C22H32N8O2/c1-17-13-30(20-21-25-24-16-29(21)10-5-23-20)14-18(17)22(32)28-9-4-6-26(11-12-28)15-19(31)27-7-2-3-8-27/h5,10,16-18H,2-4,6-9,11-15H2,1H3/t17-,18-/m1/s1. The first-order chi connectivity index (χ1) is 15.6. The lowest BCUT2D eigenvalue weighted by Gasteiger charge is -2.26. The van der Waals surface area contributed by atoms with E-state index >= 15 is 0 Å². The number of carbonyl (C=O) groups is 2. The zero-order valence-corrected chi connectivity index (χ0v) is 18.8. The molecule has 10 heteroatoms. The maximum absolute atomic E-state index is 13.4. The van der Waals surface area contributed by atoms with Gasteiger partial charge < -0.3 is 14.7 Å².